The summed E-state index contributed by atoms with van der Waals surface area (Å²) in [5.74, 6) is 1.99. The topological polar surface area (TPSA) is 81.1 Å². The number of hydrogen-bond acceptors (Lipinski definition) is 6. The first-order valence-electron chi connectivity index (χ1n) is 8.65. The number of amides is 1. The average molecular weight is 339 g/mol. The van der Waals surface area contributed by atoms with E-state index >= 15 is 0 Å². The van der Waals surface area contributed by atoms with E-state index in [9.17, 15) is 4.79 Å². The third kappa shape index (κ3) is 3.51. The molecular formula is C18H21N5O2. The Kier molecular flexibility index (Phi) is 4.17. The van der Waals surface area contributed by atoms with Gasteiger partial charge in [0.2, 0.25) is 0 Å². The summed E-state index contributed by atoms with van der Waals surface area (Å²) in [6.07, 6.45) is 5.36. The predicted octanol–water partition coefficient (Wildman–Crippen LogP) is 1.97. The predicted molar refractivity (Wildman–Crippen MR) is 90.1 cm³/mol. The van der Waals surface area contributed by atoms with E-state index in [-0.39, 0.29) is 12.0 Å². The third-order valence-electron chi connectivity index (χ3n) is 4.53. The van der Waals surface area contributed by atoms with Gasteiger partial charge in [0.05, 0.1) is 24.4 Å². The van der Waals surface area contributed by atoms with Crippen LogP contribution in [0.2, 0.25) is 0 Å². The van der Waals surface area contributed by atoms with Gasteiger partial charge < -0.3 is 9.64 Å². The van der Waals surface area contributed by atoms with E-state index < -0.39 is 0 Å². The van der Waals surface area contributed by atoms with Gasteiger partial charge in [-0.2, -0.15) is 0 Å². The molecule has 1 saturated heterocycles. The van der Waals surface area contributed by atoms with Gasteiger partial charge in [-0.05, 0) is 32.8 Å². The van der Waals surface area contributed by atoms with Crippen molar-refractivity contribution >= 4 is 5.91 Å². The lowest BCUT2D eigenvalue weighted by molar-refractivity contribution is -0.0249. The summed E-state index contributed by atoms with van der Waals surface area (Å²) in [6.45, 7) is 5.31. The molecule has 7 heteroatoms. The molecule has 0 N–H and O–H groups in total. The van der Waals surface area contributed by atoms with Crippen molar-refractivity contribution < 1.29 is 9.53 Å². The minimum atomic E-state index is -0.232. The van der Waals surface area contributed by atoms with Crippen LogP contribution >= 0.6 is 0 Å². The molecule has 1 saturated carbocycles. The Bertz CT molecular complexity index is 768. The molecule has 1 unspecified atom stereocenters. The van der Waals surface area contributed by atoms with Gasteiger partial charge in [-0.15, -0.1) is 0 Å². The normalized spacial score (nSPS) is 20.6. The lowest BCUT2D eigenvalue weighted by Gasteiger charge is -2.32. The second kappa shape index (κ2) is 6.48. The second-order valence-corrected chi connectivity index (χ2v) is 6.70. The maximum atomic E-state index is 12.8. The van der Waals surface area contributed by atoms with Crippen LogP contribution in [0.4, 0.5) is 0 Å². The zero-order valence-electron chi connectivity index (χ0n) is 14.5. The molecule has 2 fully saturated rings. The molecule has 1 amide bonds. The smallest absolute Gasteiger partial charge is 0.257 e. The molecule has 0 bridgehead atoms. The van der Waals surface area contributed by atoms with Crippen LogP contribution in [0.3, 0.4) is 0 Å². The van der Waals surface area contributed by atoms with Crippen LogP contribution in [-0.4, -0.2) is 50.4 Å². The minimum Gasteiger partial charge on any atom is -0.368 e. The summed E-state index contributed by atoms with van der Waals surface area (Å²) in [7, 11) is 0. The number of carbonyl (C=O) groups excluding carboxylic acids is 1. The number of morpholine rings is 1. The van der Waals surface area contributed by atoms with Crippen molar-refractivity contribution in [2.45, 2.75) is 38.7 Å². The fraction of sp³-hybridized carbons (Fsp3) is 0.500. The third-order valence-corrected chi connectivity index (χ3v) is 4.53. The van der Waals surface area contributed by atoms with Crippen molar-refractivity contribution in [1.29, 1.82) is 0 Å². The molecule has 3 heterocycles. The van der Waals surface area contributed by atoms with Gasteiger partial charge in [-0.1, -0.05) is 0 Å². The Morgan fingerprint density at radius 1 is 1.20 bits per heavy atom. The Hall–Kier alpha value is -2.41. The van der Waals surface area contributed by atoms with E-state index in [1.54, 1.807) is 17.3 Å². The van der Waals surface area contributed by atoms with Gasteiger partial charge in [0.25, 0.3) is 5.91 Å². The van der Waals surface area contributed by atoms with E-state index in [4.69, 9.17) is 4.74 Å². The van der Waals surface area contributed by atoms with Gasteiger partial charge in [0.1, 0.15) is 17.8 Å². The van der Waals surface area contributed by atoms with Crippen molar-refractivity contribution in [3.8, 4) is 0 Å². The molecule has 1 atom stereocenters. The van der Waals surface area contributed by atoms with Gasteiger partial charge in [-0.25, -0.2) is 19.9 Å². The Balaban J connectivity index is 1.49. The largest absolute Gasteiger partial charge is 0.368 e. The van der Waals surface area contributed by atoms with Gasteiger partial charge in [0, 0.05) is 30.6 Å². The van der Waals surface area contributed by atoms with Gasteiger partial charge in [0.15, 0.2) is 0 Å². The van der Waals surface area contributed by atoms with E-state index in [2.05, 4.69) is 19.9 Å². The van der Waals surface area contributed by atoms with Gasteiger partial charge in [-0.3, -0.25) is 4.79 Å². The van der Waals surface area contributed by atoms with Crippen molar-refractivity contribution in [2.75, 3.05) is 19.7 Å². The molecule has 4 rings (SSSR count). The van der Waals surface area contributed by atoms with Crippen LogP contribution in [0.5, 0.6) is 0 Å². The number of hydrogen-bond donors (Lipinski definition) is 0. The molecule has 0 radical (unpaired) electrons. The van der Waals surface area contributed by atoms with Crippen LogP contribution in [-0.2, 0) is 4.74 Å². The lowest BCUT2D eigenvalue weighted by Crippen LogP contribution is -2.42. The van der Waals surface area contributed by atoms with Crippen LogP contribution in [0, 0.1) is 13.8 Å². The molecular weight excluding hydrogens is 318 g/mol. The fourth-order valence-corrected chi connectivity index (χ4v) is 3.11. The van der Waals surface area contributed by atoms with Crippen LogP contribution in [0.15, 0.2) is 18.5 Å². The van der Waals surface area contributed by atoms with Gasteiger partial charge >= 0.3 is 0 Å². The number of aryl methyl sites for hydroxylation is 2. The molecule has 2 aromatic rings. The number of carbonyl (C=O) groups is 1. The maximum absolute atomic E-state index is 12.8. The standard InChI is InChI=1S/C18H21N5O2/c1-11-7-15(22-12(2)21-11)16-10-23(5-6-25-16)18(24)14-8-19-17(20-9-14)13-3-4-13/h7-9,13,16H,3-6,10H2,1-2H3. The van der Waals surface area contributed by atoms with Crippen molar-refractivity contribution in [3.63, 3.8) is 0 Å². The number of nitrogens with zero attached hydrogens (tertiary/aromatic N) is 5. The molecule has 7 nitrogen and oxygen atoms in total. The first-order valence-corrected chi connectivity index (χ1v) is 8.65. The first-order chi connectivity index (χ1) is 12.1. The summed E-state index contributed by atoms with van der Waals surface area (Å²) in [5, 5.41) is 0. The fourth-order valence-electron chi connectivity index (χ4n) is 3.11. The van der Waals surface area contributed by atoms with Crippen LogP contribution in [0.1, 0.15) is 58.3 Å². The molecule has 1 aliphatic carbocycles. The highest BCUT2D eigenvalue weighted by Crippen LogP contribution is 2.37. The van der Waals surface area contributed by atoms with Crippen molar-refractivity contribution in [2.24, 2.45) is 0 Å². The highest BCUT2D eigenvalue weighted by molar-refractivity contribution is 5.93. The minimum absolute atomic E-state index is 0.0573. The van der Waals surface area contributed by atoms with E-state index in [0.29, 0.717) is 37.0 Å². The molecule has 25 heavy (non-hydrogen) atoms. The maximum Gasteiger partial charge on any atom is 0.257 e. The van der Waals surface area contributed by atoms with Crippen molar-refractivity contribution in [3.05, 3.63) is 47.1 Å². The monoisotopic (exact) mass is 339 g/mol. The Morgan fingerprint density at radius 3 is 2.64 bits per heavy atom. The van der Waals surface area contributed by atoms with Crippen LogP contribution in [0.25, 0.3) is 0 Å². The number of rotatable bonds is 3. The lowest BCUT2D eigenvalue weighted by atomic mass is 10.1. The van der Waals surface area contributed by atoms with E-state index in [0.717, 1.165) is 30.1 Å². The number of aromatic nitrogens is 4. The summed E-state index contributed by atoms with van der Waals surface area (Å²) >= 11 is 0. The summed E-state index contributed by atoms with van der Waals surface area (Å²) < 4.78 is 5.83. The molecule has 0 spiro atoms. The van der Waals surface area contributed by atoms with Crippen molar-refractivity contribution in [1.82, 2.24) is 24.8 Å². The Morgan fingerprint density at radius 2 is 1.96 bits per heavy atom. The van der Waals surface area contributed by atoms with E-state index in [1.165, 1.54) is 0 Å². The average Bonchev–Trinajstić information content (AvgIpc) is 3.46. The summed E-state index contributed by atoms with van der Waals surface area (Å²) in [5.41, 5.74) is 2.25. The van der Waals surface area contributed by atoms with E-state index in [1.807, 2.05) is 19.9 Å². The quantitative estimate of drug-likeness (QED) is 0.850. The zero-order valence-corrected chi connectivity index (χ0v) is 14.5. The summed E-state index contributed by atoms with van der Waals surface area (Å²) in [6, 6.07) is 1.92. The molecule has 130 valence electrons. The van der Waals surface area contributed by atoms with Crippen LogP contribution < -0.4 is 0 Å². The highest BCUT2D eigenvalue weighted by Gasteiger charge is 2.29. The number of ether oxygens (including phenoxy) is 1. The molecule has 2 aromatic heterocycles. The zero-order chi connectivity index (χ0) is 17.4. The SMILES string of the molecule is Cc1cc(C2CN(C(=O)c3cnc(C4CC4)nc3)CCO2)nc(C)n1. The second-order valence-electron chi connectivity index (χ2n) is 6.70. The molecule has 0 aromatic carbocycles. The summed E-state index contributed by atoms with van der Waals surface area (Å²) in [4.78, 5) is 32.0. The molecule has 2 aliphatic rings. The Labute approximate surface area is 146 Å². The highest BCUT2D eigenvalue weighted by atomic mass is 16.5. The molecule has 1 aliphatic heterocycles. The first kappa shape index (κ1) is 16.1.